The number of ether oxygens (including phenoxy) is 1. The highest BCUT2D eigenvalue weighted by atomic mass is 32.1. The maximum atomic E-state index is 12.6. The summed E-state index contributed by atoms with van der Waals surface area (Å²) in [6, 6.07) is 3.98. The van der Waals surface area contributed by atoms with E-state index in [4.69, 9.17) is 17.0 Å². The summed E-state index contributed by atoms with van der Waals surface area (Å²) < 4.78 is 6.34. The van der Waals surface area contributed by atoms with Crippen LogP contribution in [0.4, 0.5) is 0 Å². The molecule has 3 rings (SSSR count). The number of piperidine rings is 1. The van der Waals surface area contributed by atoms with Gasteiger partial charge in [0.15, 0.2) is 10.9 Å². The standard InChI is InChI=1S/C18H24N2O2S/c1-4-19-17(23)20-7-5-18(6-8-20)11-15(21)14-9-12(2)13(3)10-16(14)22-18/h9-10H,4-8,11H2,1-3H3,(H,19,23). The quantitative estimate of drug-likeness (QED) is 0.801. The van der Waals surface area contributed by atoms with Crippen LogP contribution >= 0.6 is 12.2 Å². The summed E-state index contributed by atoms with van der Waals surface area (Å²) >= 11 is 5.39. The van der Waals surface area contributed by atoms with E-state index in [9.17, 15) is 4.79 Å². The minimum Gasteiger partial charge on any atom is -0.486 e. The van der Waals surface area contributed by atoms with Crippen LogP contribution in [0.1, 0.15) is 47.7 Å². The Kier molecular flexibility index (Phi) is 4.32. The van der Waals surface area contributed by atoms with Gasteiger partial charge >= 0.3 is 0 Å². The Labute approximate surface area is 143 Å². The molecule has 124 valence electrons. The van der Waals surface area contributed by atoms with Gasteiger partial charge in [0.2, 0.25) is 0 Å². The van der Waals surface area contributed by atoms with Crippen LogP contribution in [-0.2, 0) is 0 Å². The molecular formula is C18H24N2O2S. The molecule has 4 nitrogen and oxygen atoms in total. The molecule has 1 spiro atoms. The van der Waals surface area contributed by atoms with Crippen molar-refractivity contribution in [3.05, 3.63) is 28.8 Å². The summed E-state index contributed by atoms with van der Waals surface area (Å²) in [6.07, 6.45) is 2.14. The van der Waals surface area contributed by atoms with Crippen molar-refractivity contribution >= 4 is 23.1 Å². The molecule has 0 amide bonds. The van der Waals surface area contributed by atoms with Crippen LogP contribution in [0.2, 0.25) is 0 Å². The van der Waals surface area contributed by atoms with Crippen LogP contribution in [0.5, 0.6) is 5.75 Å². The van der Waals surface area contributed by atoms with Crippen LogP contribution in [0, 0.1) is 13.8 Å². The summed E-state index contributed by atoms with van der Waals surface area (Å²) in [6.45, 7) is 8.64. The third-order valence-corrected chi connectivity index (χ3v) is 5.40. The van der Waals surface area contributed by atoms with Crippen LogP contribution in [0.3, 0.4) is 0 Å². The highest BCUT2D eigenvalue weighted by Gasteiger charge is 2.43. The predicted molar refractivity (Wildman–Crippen MR) is 95.3 cm³/mol. The number of likely N-dealkylation sites (tertiary alicyclic amines) is 1. The Balaban J connectivity index is 1.77. The second kappa shape index (κ2) is 6.11. The molecule has 1 N–H and O–H groups in total. The summed E-state index contributed by atoms with van der Waals surface area (Å²) in [5.41, 5.74) is 2.69. The smallest absolute Gasteiger partial charge is 0.170 e. The fourth-order valence-electron chi connectivity index (χ4n) is 3.41. The van der Waals surface area contributed by atoms with Crippen molar-refractivity contribution in [2.45, 2.75) is 45.6 Å². The van der Waals surface area contributed by atoms with Gasteiger partial charge in [0.25, 0.3) is 0 Å². The predicted octanol–water partition coefficient (Wildman–Crippen LogP) is 3.00. The molecule has 0 radical (unpaired) electrons. The fourth-order valence-corrected chi connectivity index (χ4v) is 3.74. The van der Waals surface area contributed by atoms with Gasteiger partial charge in [0.1, 0.15) is 11.4 Å². The largest absolute Gasteiger partial charge is 0.486 e. The van der Waals surface area contributed by atoms with Gasteiger partial charge in [-0.1, -0.05) is 0 Å². The number of benzene rings is 1. The third-order valence-electron chi connectivity index (χ3n) is 5.00. The summed E-state index contributed by atoms with van der Waals surface area (Å²) in [5.74, 6) is 0.962. The average Bonchev–Trinajstić information content (AvgIpc) is 2.50. The SMILES string of the molecule is CCNC(=S)N1CCC2(CC1)CC(=O)c1cc(C)c(C)cc1O2. The van der Waals surface area contributed by atoms with Crippen LogP contribution < -0.4 is 10.1 Å². The van der Waals surface area contributed by atoms with Gasteiger partial charge in [0.05, 0.1) is 12.0 Å². The number of carbonyl (C=O) groups is 1. The first kappa shape index (κ1) is 16.2. The van der Waals surface area contributed by atoms with Gasteiger partial charge < -0.3 is 15.0 Å². The van der Waals surface area contributed by atoms with Crippen molar-refractivity contribution < 1.29 is 9.53 Å². The Hall–Kier alpha value is -1.62. The van der Waals surface area contributed by atoms with Crippen molar-refractivity contribution in [3.63, 3.8) is 0 Å². The van der Waals surface area contributed by atoms with E-state index in [-0.39, 0.29) is 11.4 Å². The maximum absolute atomic E-state index is 12.6. The molecular weight excluding hydrogens is 308 g/mol. The molecule has 5 heteroatoms. The molecule has 0 atom stereocenters. The number of hydrogen-bond acceptors (Lipinski definition) is 3. The number of carbonyl (C=O) groups excluding carboxylic acids is 1. The van der Waals surface area contributed by atoms with Gasteiger partial charge in [-0.05, 0) is 56.2 Å². The summed E-state index contributed by atoms with van der Waals surface area (Å²) in [4.78, 5) is 14.8. The molecule has 1 aromatic carbocycles. The van der Waals surface area contributed by atoms with E-state index in [0.717, 1.165) is 54.5 Å². The molecule has 2 aliphatic rings. The second-order valence-corrected chi connectivity index (χ2v) is 7.03. The Bertz CT molecular complexity index is 649. The van der Waals surface area contributed by atoms with Gasteiger partial charge in [-0.3, -0.25) is 4.79 Å². The molecule has 0 bridgehead atoms. The number of nitrogens with one attached hydrogen (secondary N) is 1. The number of ketones is 1. The minimum absolute atomic E-state index is 0.206. The van der Waals surface area contributed by atoms with Gasteiger partial charge in [-0.2, -0.15) is 0 Å². The monoisotopic (exact) mass is 332 g/mol. The molecule has 0 aromatic heterocycles. The zero-order valence-electron chi connectivity index (χ0n) is 14.1. The zero-order valence-corrected chi connectivity index (χ0v) is 14.9. The number of aryl methyl sites for hydroxylation is 2. The fraction of sp³-hybridized carbons (Fsp3) is 0.556. The molecule has 23 heavy (non-hydrogen) atoms. The molecule has 0 aliphatic carbocycles. The molecule has 1 saturated heterocycles. The van der Waals surface area contributed by atoms with E-state index in [1.54, 1.807) is 0 Å². The number of hydrogen-bond donors (Lipinski definition) is 1. The lowest BCUT2D eigenvalue weighted by Gasteiger charge is -2.44. The van der Waals surface area contributed by atoms with E-state index in [1.807, 2.05) is 26.0 Å². The first-order valence-electron chi connectivity index (χ1n) is 8.30. The lowest BCUT2D eigenvalue weighted by Crippen LogP contribution is -2.54. The van der Waals surface area contributed by atoms with Gasteiger partial charge in [-0.15, -0.1) is 0 Å². The Morgan fingerprint density at radius 2 is 1.96 bits per heavy atom. The molecule has 2 heterocycles. The Morgan fingerprint density at radius 1 is 1.30 bits per heavy atom. The van der Waals surface area contributed by atoms with E-state index in [0.29, 0.717) is 6.42 Å². The second-order valence-electron chi connectivity index (χ2n) is 6.64. The van der Waals surface area contributed by atoms with E-state index < -0.39 is 0 Å². The number of thiocarbonyl (C=S) groups is 1. The average molecular weight is 332 g/mol. The van der Waals surface area contributed by atoms with E-state index in [1.165, 1.54) is 5.56 Å². The lowest BCUT2D eigenvalue weighted by atomic mass is 9.82. The third kappa shape index (κ3) is 3.07. The highest BCUT2D eigenvalue weighted by molar-refractivity contribution is 7.80. The first-order valence-corrected chi connectivity index (χ1v) is 8.71. The van der Waals surface area contributed by atoms with Crippen molar-refractivity contribution in [3.8, 4) is 5.75 Å². The minimum atomic E-state index is -0.357. The van der Waals surface area contributed by atoms with Crippen LogP contribution in [0.25, 0.3) is 0 Å². The van der Waals surface area contributed by atoms with Crippen molar-refractivity contribution in [2.75, 3.05) is 19.6 Å². The maximum Gasteiger partial charge on any atom is 0.170 e. The molecule has 0 saturated carbocycles. The molecule has 1 fully saturated rings. The molecule has 0 unspecified atom stereocenters. The number of rotatable bonds is 1. The van der Waals surface area contributed by atoms with Crippen molar-refractivity contribution in [2.24, 2.45) is 0 Å². The van der Waals surface area contributed by atoms with Crippen molar-refractivity contribution in [1.29, 1.82) is 0 Å². The number of fused-ring (bicyclic) bond motifs is 1. The highest BCUT2D eigenvalue weighted by Crippen LogP contribution is 2.40. The topological polar surface area (TPSA) is 41.6 Å². The first-order chi connectivity index (χ1) is 10.9. The van der Waals surface area contributed by atoms with E-state index in [2.05, 4.69) is 17.1 Å². The molecule has 1 aromatic rings. The molecule has 2 aliphatic heterocycles. The summed E-state index contributed by atoms with van der Waals surface area (Å²) in [7, 11) is 0. The van der Waals surface area contributed by atoms with Crippen LogP contribution in [0.15, 0.2) is 12.1 Å². The normalized spacial score (nSPS) is 19.3. The number of Topliss-reactive ketones (excluding diaryl/α,β-unsaturated/α-hetero) is 1. The summed E-state index contributed by atoms with van der Waals surface area (Å²) in [5, 5.41) is 4.00. The lowest BCUT2D eigenvalue weighted by molar-refractivity contribution is 0.00356. The number of nitrogens with zero attached hydrogens (tertiary/aromatic N) is 1. The Morgan fingerprint density at radius 3 is 2.61 bits per heavy atom. The van der Waals surface area contributed by atoms with Crippen molar-refractivity contribution in [1.82, 2.24) is 10.2 Å². The van der Waals surface area contributed by atoms with Gasteiger partial charge in [0, 0.05) is 32.5 Å². The zero-order chi connectivity index (χ0) is 16.6. The van der Waals surface area contributed by atoms with Crippen LogP contribution in [-0.4, -0.2) is 41.0 Å². The van der Waals surface area contributed by atoms with E-state index >= 15 is 0 Å². The van der Waals surface area contributed by atoms with Gasteiger partial charge in [-0.25, -0.2) is 0 Å².